The third kappa shape index (κ3) is 9.46. The largest absolute Gasteiger partial charge is 0.457 e. The van der Waals surface area contributed by atoms with Crippen molar-refractivity contribution >= 4 is 44.6 Å². The molecule has 76 heavy (non-hydrogen) atoms. The van der Waals surface area contributed by atoms with Gasteiger partial charge < -0.3 is 14.5 Å². The first-order valence-electron chi connectivity index (χ1n) is 28.3. The lowest BCUT2D eigenvalue weighted by atomic mass is 9.78. The number of anilines is 4. The summed E-state index contributed by atoms with van der Waals surface area (Å²) in [5.41, 5.74) is 17.5. The number of ether oxygens (including phenoxy) is 1. The summed E-state index contributed by atoms with van der Waals surface area (Å²) in [7, 11) is 0. The van der Waals surface area contributed by atoms with Crippen LogP contribution in [0.2, 0.25) is 0 Å². The normalized spacial score (nSPS) is 14.0. The quantitative estimate of drug-likeness (QED) is 0.152. The monoisotopic (exact) mass is 1000 g/mol. The number of benzene rings is 8. The van der Waals surface area contributed by atoms with Crippen LogP contribution in [-0.4, -0.2) is 16.2 Å². The zero-order chi connectivity index (χ0) is 56.0. The fourth-order valence-corrected chi connectivity index (χ4v) is 10.8. The van der Waals surface area contributed by atoms with Crippen molar-refractivity contribution in [1.29, 1.82) is 0 Å². The summed E-state index contributed by atoms with van der Waals surface area (Å²) in [4.78, 5) is 9.90. The van der Waals surface area contributed by atoms with Crippen LogP contribution in [0.5, 0.6) is 11.5 Å². The Kier molecular flexibility index (Phi) is 11.5. The van der Waals surface area contributed by atoms with Crippen LogP contribution in [0.4, 0.5) is 22.7 Å². The molecule has 5 nitrogen and oxygen atoms in total. The maximum atomic E-state index is 8.72. The summed E-state index contributed by atoms with van der Waals surface area (Å²) in [5.74, 6) is 1.85. The summed E-state index contributed by atoms with van der Waals surface area (Å²) < 4.78 is 35.1. The number of rotatable bonds is 8. The van der Waals surface area contributed by atoms with Crippen molar-refractivity contribution in [3.63, 3.8) is 0 Å². The standard InChI is InChI=1S/C71H72N4O/c1-46-37-66(72-44-61(46)47-31-33-50(34-32-47)68(2,3)4)75-62-28-15-14-25-59(62)60-36-35-56(43-65(60)75)76-55-24-19-23-54(42-55)73-45-74(64-30-17-16-29-63(64)73)67-57(48-21-18-22-51(38-48)69(5,6)7)26-20-27-58(67)49-39-52(70(8,9)10)41-53(40-49)71(11,12)13/h14-44H,45H2,1-13H3/i1D3. The van der Waals surface area contributed by atoms with Gasteiger partial charge in [0, 0.05) is 55.6 Å². The minimum Gasteiger partial charge on any atom is -0.457 e. The first-order chi connectivity index (χ1) is 37.3. The zero-order valence-electron chi connectivity index (χ0n) is 49.3. The number of aromatic nitrogens is 2. The molecule has 0 atom stereocenters. The summed E-state index contributed by atoms with van der Waals surface area (Å²) in [6.07, 6.45) is 1.71. The fraction of sp³-hybridized carbons (Fsp3) is 0.254. The molecule has 0 amide bonds. The van der Waals surface area contributed by atoms with Gasteiger partial charge in [-0.05, 0) is 122 Å². The fourth-order valence-electron chi connectivity index (χ4n) is 10.8. The van der Waals surface area contributed by atoms with E-state index in [0.29, 0.717) is 29.5 Å². The Morgan fingerprint density at radius 3 is 1.71 bits per heavy atom. The zero-order valence-corrected chi connectivity index (χ0v) is 46.3. The molecule has 0 fully saturated rings. The Balaban J connectivity index is 0.989. The molecule has 0 unspecified atom stereocenters. The van der Waals surface area contributed by atoms with Crippen molar-refractivity contribution in [2.75, 3.05) is 16.5 Å². The highest BCUT2D eigenvalue weighted by atomic mass is 16.5. The third-order valence-electron chi connectivity index (χ3n) is 15.3. The van der Waals surface area contributed by atoms with E-state index in [-0.39, 0.29) is 27.2 Å². The molecule has 0 N–H and O–H groups in total. The highest BCUT2D eigenvalue weighted by molar-refractivity contribution is 6.09. The molecule has 0 bridgehead atoms. The third-order valence-corrected chi connectivity index (χ3v) is 15.3. The highest BCUT2D eigenvalue weighted by Crippen LogP contribution is 2.51. The van der Waals surface area contributed by atoms with Gasteiger partial charge in [-0.2, -0.15) is 0 Å². The average molecular weight is 1000 g/mol. The van der Waals surface area contributed by atoms with Gasteiger partial charge in [-0.15, -0.1) is 0 Å². The highest BCUT2D eigenvalue weighted by Gasteiger charge is 2.33. The molecule has 382 valence electrons. The van der Waals surface area contributed by atoms with Gasteiger partial charge in [0.2, 0.25) is 0 Å². The number of hydrogen-bond donors (Lipinski definition) is 0. The maximum absolute atomic E-state index is 8.72. The van der Waals surface area contributed by atoms with Crippen molar-refractivity contribution in [3.05, 3.63) is 216 Å². The molecule has 0 saturated heterocycles. The van der Waals surface area contributed by atoms with Crippen LogP contribution < -0.4 is 14.5 Å². The number of fused-ring (bicyclic) bond motifs is 4. The first kappa shape index (κ1) is 46.6. The predicted molar refractivity (Wildman–Crippen MR) is 323 cm³/mol. The van der Waals surface area contributed by atoms with Gasteiger partial charge >= 0.3 is 0 Å². The molecular formula is C71H72N4O. The Morgan fingerprint density at radius 1 is 0.434 bits per heavy atom. The minimum absolute atomic E-state index is 0.0279. The smallest absolute Gasteiger partial charge is 0.137 e. The van der Waals surface area contributed by atoms with E-state index < -0.39 is 6.85 Å². The minimum atomic E-state index is -2.39. The van der Waals surface area contributed by atoms with Crippen molar-refractivity contribution in [2.24, 2.45) is 0 Å². The molecule has 0 radical (unpaired) electrons. The second-order valence-electron chi connectivity index (χ2n) is 24.9. The molecule has 3 heterocycles. The van der Waals surface area contributed by atoms with Crippen LogP contribution in [0, 0.1) is 6.85 Å². The molecule has 1 aliphatic rings. The SMILES string of the molecule is [2H]C([2H])([2H])c1cc(-n2c3ccccc3c3ccc(Oc4cccc(N5CN(c6c(-c7cccc(C(C)(C)C)c7)cccc6-c6cc(C(C)(C)C)cc(C(C)(C)C)c6)c6ccccc65)c4)cc32)ncc1-c1ccc(C(C)(C)C)cc1. The molecule has 10 aromatic rings. The first-order valence-corrected chi connectivity index (χ1v) is 26.8. The van der Waals surface area contributed by atoms with Crippen molar-refractivity contribution in [1.82, 2.24) is 9.55 Å². The summed E-state index contributed by atoms with van der Waals surface area (Å²) in [5, 5.41) is 2.04. The number of pyridine rings is 1. The van der Waals surface area contributed by atoms with Crippen molar-refractivity contribution in [3.8, 4) is 50.7 Å². The summed E-state index contributed by atoms with van der Waals surface area (Å²) >= 11 is 0. The van der Waals surface area contributed by atoms with Gasteiger partial charge in [0.15, 0.2) is 0 Å². The van der Waals surface area contributed by atoms with E-state index in [4.69, 9.17) is 13.8 Å². The Hall–Kier alpha value is -7.89. The molecule has 0 aliphatic carbocycles. The lowest BCUT2D eigenvalue weighted by Crippen LogP contribution is -2.25. The van der Waals surface area contributed by atoms with Crippen molar-refractivity contribution in [2.45, 2.75) is 112 Å². The summed E-state index contributed by atoms with van der Waals surface area (Å²) in [6.45, 7) is 25.4. The van der Waals surface area contributed by atoms with Crippen LogP contribution in [0.3, 0.4) is 0 Å². The second kappa shape index (κ2) is 18.7. The van der Waals surface area contributed by atoms with Gasteiger partial charge in [0.05, 0.1) is 28.1 Å². The van der Waals surface area contributed by atoms with Crippen LogP contribution in [0.1, 0.15) is 115 Å². The van der Waals surface area contributed by atoms with Gasteiger partial charge in [0.25, 0.3) is 0 Å². The van der Waals surface area contributed by atoms with Gasteiger partial charge in [-0.3, -0.25) is 4.57 Å². The summed E-state index contributed by atoms with van der Waals surface area (Å²) in [6, 6.07) is 64.5. The van der Waals surface area contributed by atoms with Crippen LogP contribution in [-0.2, 0) is 21.7 Å². The van der Waals surface area contributed by atoms with E-state index in [0.717, 1.165) is 50.1 Å². The Labute approximate surface area is 455 Å². The maximum Gasteiger partial charge on any atom is 0.137 e. The number of aryl methyl sites for hydroxylation is 1. The Morgan fingerprint density at radius 2 is 1.03 bits per heavy atom. The van der Waals surface area contributed by atoms with Crippen LogP contribution in [0.15, 0.2) is 188 Å². The van der Waals surface area contributed by atoms with E-state index in [2.05, 4.69) is 231 Å². The van der Waals surface area contributed by atoms with E-state index >= 15 is 0 Å². The van der Waals surface area contributed by atoms with Crippen molar-refractivity contribution < 1.29 is 8.85 Å². The van der Waals surface area contributed by atoms with E-state index in [1.807, 2.05) is 42.5 Å². The molecule has 2 aromatic heterocycles. The van der Waals surface area contributed by atoms with E-state index in [1.54, 1.807) is 12.3 Å². The average Bonchev–Trinajstić information content (AvgIpc) is 4.11. The second-order valence-corrected chi connectivity index (χ2v) is 24.9. The molecule has 0 saturated carbocycles. The van der Waals surface area contributed by atoms with Gasteiger partial charge in [-0.1, -0.05) is 204 Å². The number of hydrogen-bond acceptors (Lipinski definition) is 4. The molecule has 0 spiro atoms. The molecule has 5 heteroatoms. The van der Waals surface area contributed by atoms with Gasteiger partial charge in [0.1, 0.15) is 24.0 Å². The molecule has 11 rings (SSSR count). The number of nitrogens with zero attached hydrogens (tertiary/aromatic N) is 4. The van der Waals surface area contributed by atoms with Crippen LogP contribution in [0.25, 0.3) is 61.0 Å². The topological polar surface area (TPSA) is 33.5 Å². The molecule has 8 aromatic carbocycles. The number of para-hydroxylation sites is 4. The van der Waals surface area contributed by atoms with E-state index in [9.17, 15) is 0 Å². The lowest BCUT2D eigenvalue weighted by molar-refractivity contribution is 0.483. The van der Waals surface area contributed by atoms with Crippen LogP contribution >= 0.6 is 0 Å². The predicted octanol–water partition coefficient (Wildman–Crippen LogP) is 19.7. The van der Waals surface area contributed by atoms with Gasteiger partial charge in [-0.25, -0.2) is 4.98 Å². The molecular weight excluding hydrogens is 925 g/mol. The lowest BCUT2D eigenvalue weighted by Gasteiger charge is -2.30. The van der Waals surface area contributed by atoms with E-state index in [1.165, 1.54) is 44.5 Å². The molecule has 1 aliphatic heterocycles. The Bertz CT molecular complexity index is 3920.